The summed E-state index contributed by atoms with van der Waals surface area (Å²) in [7, 11) is -9.98. The Balaban J connectivity index is 2.14. The molecule has 2 aromatic carbocycles. The lowest BCUT2D eigenvalue weighted by molar-refractivity contribution is 0.587. The fraction of sp³-hybridized carbons (Fsp3) is 0.368. The minimum absolute atomic E-state index is 0.0315. The van der Waals surface area contributed by atoms with Gasteiger partial charge in [0.1, 0.15) is 0 Å². The molecule has 0 fully saturated rings. The maximum Gasteiger partial charge on any atom is 0.264 e. The molecule has 0 aliphatic carbocycles. The minimum atomic E-state index is -4.03. The lowest BCUT2D eigenvalue weighted by Crippen LogP contribution is -2.30. The van der Waals surface area contributed by atoms with Gasteiger partial charge >= 0.3 is 0 Å². The molecule has 0 saturated heterocycles. The maximum absolute atomic E-state index is 13.6. The number of hydrogen-bond donors (Lipinski definition) is 2. The first-order chi connectivity index (χ1) is 14.2. The number of benzene rings is 2. The van der Waals surface area contributed by atoms with Crippen molar-refractivity contribution >= 4 is 41.4 Å². The fourth-order valence-corrected chi connectivity index (χ4v) is 7.31. The van der Waals surface area contributed by atoms with Crippen molar-refractivity contribution in [1.29, 1.82) is 0 Å². The van der Waals surface area contributed by atoms with Crippen molar-refractivity contribution in [3.63, 3.8) is 0 Å². The van der Waals surface area contributed by atoms with Gasteiger partial charge in [0.15, 0.2) is 0 Å². The number of hydrogen-bond acceptors (Lipinski definition) is 6. The van der Waals surface area contributed by atoms with E-state index in [4.69, 9.17) is 0 Å². The number of aryl methyl sites for hydroxylation is 2. The van der Waals surface area contributed by atoms with Crippen LogP contribution in [0.1, 0.15) is 22.3 Å². The van der Waals surface area contributed by atoms with Gasteiger partial charge in [0.05, 0.1) is 27.4 Å². The number of rotatable bonds is 6. The van der Waals surface area contributed by atoms with E-state index in [9.17, 15) is 25.3 Å². The Morgan fingerprint density at radius 1 is 0.935 bits per heavy atom. The molecule has 9 nitrogen and oxygen atoms in total. The molecule has 2 N–H and O–H groups in total. The third-order valence-corrected chi connectivity index (χ3v) is 9.31. The molecule has 12 heteroatoms. The zero-order valence-electron chi connectivity index (χ0n) is 17.8. The molecule has 1 aliphatic heterocycles. The zero-order chi connectivity index (χ0) is 23.4. The van der Waals surface area contributed by atoms with Crippen molar-refractivity contribution in [2.75, 3.05) is 28.9 Å². The average molecular weight is 488 g/mol. The van der Waals surface area contributed by atoms with E-state index in [1.165, 1.54) is 29.6 Å². The first-order valence-electron chi connectivity index (χ1n) is 9.37. The van der Waals surface area contributed by atoms with Crippen molar-refractivity contribution in [2.24, 2.45) is 0 Å². The van der Waals surface area contributed by atoms with Crippen molar-refractivity contribution in [3.8, 4) is 0 Å². The van der Waals surface area contributed by atoms with Crippen LogP contribution >= 0.6 is 0 Å². The van der Waals surface area contributed by atoms with Crippen LogP contribution in [0.2, 0.25) is 0 Å². The van der Waals surface area contributed by atoms with Gasteiger partial charge in [-0.05, 0) is 74.7 Å². The van der Waals surface area contributed by atoms with Crippen LogP contribution < -0.4 is 13.7 Å². The largest absolute Gasteiger partial charge is 0.283 e. The molecule has 0 atom stereocenters. The topological polar surface area (TPSA) is 130 Å². The van der Waals surface area contributed by atoms with Gasteiger partial charge in [0.25, 0.3) is 10.0 Å². The van der Waals surface area contributed by atoms with E-state index < -0.39 is 30.1 Å². The summed E-state index contributed by atoms with van der Waals surface area (Å²) in [4.78, 5) is 0.0966. The van der Waals surface area contributed by atoms with Gasteiger partial charge in [-0.2, -0.15) is 0 Å². The van der Waals surface area contributed by atoms with Crippen molar-refractivity contribution < 1.29 is 25.3 Å². The van der Waals surface area contributed by atoms with Crippen LogP contribution in [-0.4, -0.2) is 45.1 Å². The highest BCUT2D eigenvalue weighted by atomic mass is 32.2. The van der Waals surface area contributed by atoms with Crippen LogP contribution in [0.25, 0.3) is 0 Å². The normalized spacial score (nSPS) is 14.5. The predicted molar refractivity (Wildman–Crippen MR) is 120 cm³/mol. The van der Waals surface area contributed by atoms with Gasteiger partial charge in [-0.25, -0.2) is 30.0 Å². The van der Waals surface area contributed by atoms with Crippen LogP contribution in [0.4, 0.5) is 11.4 Å². The van der Waals surface area contributed by atoms with Crippen molar-refractivity contribution in [2.45, 2.75) is 37.0 Å². The van der Waals surface area contributed by atoms with Gasteiger partial charge in [-0.3, -0.25) is 9.03 Å². The molecular formula is C19H25N3O6S3. The predicted octanol–water partition coefficient (Wildman–Crippen LogP) is 1.64. The molecule has 3 rings (SSSR count). The second kappa shape index (κ2) is 7.76. The first-order valence-corrected chi connectivity index (χ1v) is 14.2. The quantitative estimate of drug-likeness (QED) is 0.637. The summed E-state index contributed by atoms with van der Waals surface area (Å²) >= 11 is 0. The third-order valence-electron chi connectivity index (χ3n) is 5.22. The number of fused-ring (bicyclic) bond motifs is 1. The molecule has 0 aromatic heterocycles. The number of sulfonamides is 3. The molecule has 31 heavy (non-hydrogen) atoms. The minimum Gasteiger partial charge on any atom is -0.283 e. The van der Waals surface area contributed by atoms with Gasteiger partial charge in [0.2, 0.25) is 20.0 Å². The highest BCUT2D eigenvalue weighted by Crippen LogP contribution is 2.38. The Morgan fingerprint density at radius 2 is 1.58 bits per heavy atom. The van der Waals surface area contributed by atoms with Crippen LogP contribution in [0.15, 0.2) is 34.1 Å². The maximum atomic E-state index is 13.6. The highest BCUT2D eigenvalue weighted by Gasteiger charge is 2.34. The van der Waals surface area contributed by atoms with E-state index in [0.717, 1.165) is 6.26 Å². The lowest BCUT2D eigenvalue weighted by atomic mass is 10.1. The molecule has 0 saturated carbocycles. The summed E-state index contributed by atoms with van der Waals surface area (Å²) in [6, 6.07) is 5.96. The van der Waals surface area contributed by atoms with E-state index in [2.05, 4.69) is 9.44 Å². The standard InChI is InChI=1S/C19H25N3O6S3/c1-12-10-13(2)19(14(3)18(12)21-29(5,23)24)31(27,28)22-9-8-15-11-16(6-7-17(15)22)30(25,26)20-4/h6-7,10-11,20-21H,8-9H2,1-5H3. The van der Waals surface area contributed by atoms with E-state index in [-0.39, 0.29) is 22.0 Å². The molecule has 0 amide bonds. The second-order valence-corrected chi connectivity index (χ2v) is 13.0. The van der Waals surface area contributed by atoms with Crippen LogP contribution in [0.3, 0.4) is 0 Å². The lowest BCUT2D eigenvalue weighted by Gasteiger charge is -2.24. The average Bonchev–Trinajstić information content (AvgIpc) is 3.08. The van der Waals surface area contributed by atoms with Crippen molar-refractivity contribution in [1.82, 2.24) is 4.72 Å². The zero-order valence-corrected chi connectivity index (χ0v) is 20.3. The molecule has 1 heterocycles. The summed E-state index contributed by atoms with van der Waals surface area (Å²) in [5.74, 6) is 0. The summed E-state index contributed by atoms with van der Waals surface area (Å²) in [6.45, 7) is 5.10. The number of nitrogens with one attached hydrogen (secondary N) is 2. The Hall–Kier alpha value is -2.15. The van der Waals surface area contributed by atoms with Gasteiger partial charge in [0, 0.05) is 6.54 Å². The van der Waals surface area contributed by atoms with Gasteiger partial charge in [-0.15, -0.1) is 0 Å². The molecular weight excluding hydrogens is 462 g/mol. The monoisotopic (exact) mass is 487 g/mol. The SMILES string of the molecule is CNS(=O)(=O)c1ccc2c(c1)CCN2S(=O)(=O)c1c(C)cc(C)c(NS(C)(=O)=O)c1C. The summed E-state index contributed by atoms with van der Waals surface area (Å²) < 4.78 is 80.9. The van der Waals surface area contributed by atoms with E-state index in [1.54, 1.807) is 26.8 Å². The molecule has 170 valence electrons. The summed E-state index contributed by atoms with van der Waals surface area (Å²) in [5, 5.41) is 0. The molecule has 0 bridgehead atoms. The van der Waals surface area contributed by atoms with E-state index >= 15 is 0 Å². The Labute approximate surface area is 183 Å². The molecule has 0 spiro atoms. The molecule has 0 unspecified atom stereocenters. The van der Waals surface area contributed by atoms with Gasteiger partial charge < -0.3 is 0 Å². The van der Waals surface area contributed by atoms with Crippen LogP contribution in [0.5, 0.6) is 0 Å². The summed E-state index contributed by atoms with van der Waals surface area (Å²) in [5.41, 5.74) is 2.68. The highest BCUT2D eigenvalue weighted by molar-refractivity contribution is 7.93. The third kappa shape index (κ3) is 4.29. The Morgan fingerprint density at radius 3 is 2.16 bits per heavy atom. The van der Waals surface area contributed by atoms with Crippen molar-refractivity contribution in [3.05, 3.63) is 46.5 Å². The van der Waals surface area contributed by atoms with E-state index in [0.29, 0.717) is 34.4 Å². The van der Waals surface area contributed by atoms with Crippen LogP contribution in [-0.2, 0) is 36.5 Å². The van der Waals surface area contributed by atoms with Crippen LogP contribution in [0, 0.1) is 20.8 Å². The van der Waals surface area contributed by atoms with Gasteiger partial charge in [-0.1, -0.05) is 6.07 Å². The van der Waals surface area contributed by atoms with E-state index in [1.807, 2.05) is 0 Å². The number of nitrogens with zero attached hydrogens (tertiary/aromatic N) is 1. The Bertz CT molecular complexity index is 1380. The second-order valence-electron chi connectivity index (χ2n) is 7.54. The smallest absolute Gasteiger partial charge is 0.264 e. The Kier molecular flexibility index (Phi) is 5.89. The first kappa shape index (κ1) is 23.5. The fourth-order valence-electron chi connectivity index (χ4n) is 3.90. The molecule has 0 radical (unpaired) electrons. The number of anilines is 2. The molecule has 2 aromatic rings. The summed E-state index contributed by atoms with van der Waals surface area (Å²) in [6.07, 6.45) is 1.37. The molecule has 1 aliphatic rings.